The maximum absolute atomic E-state index is 12.9. The number of nitrogens with zero attached hydrogens (tertiary/aromatic N) is 2. The lowest BCUT2D eigenvalue weighted by molar-refractivity contribution is -0.137. The Morgan fingerprint density at radius 1 is 1.17 bits per heavy atom. The molecule has 0 aliphatic heterocycles. The van der Waals surface area contributed by atoms with Crippen molar-refractivity contribution in [2.75, 3.05) is 0 Å². The van der Waals surface area contributed by atoms with E-state index in [0.717, 1.165) is 12.1 Å². The first-order valence-corrected chi connectivity index (χ1v) is 6.68. The van der Waals surface area contributed by atoms with Gasteiger partial charge in [0.25, 0.3) is 0 Å². The predicted octanol–water partition coefficient (Wildman–Crippen LogP) is 4.03. The summed E-state index contributed by atoms with van der Waals surface area (Å²) in [6, 6.07) is 9.62. The molecule has 0 unspecified atom stereocenters. The number of hydrogen-bond acceptors (Lipinski definition) is 2. The normalized spacial score (nSPS) is 11.8. The molecule has 1 aromatic carbocycles. The molecule has 0 amide bonds. The van der Waals surface area contributed by atoms with Gasteiger partial charge in [-0.1, -0.05) is 18.2 Å². The third-order valence-corrected chi connectivity index (χ3v) is 3.50. The molecule has 118 valence electrons. The molecule has 2 heterocycles. The van der Waals surface area contributed by atoms with Gasteiger partial charge in [0.05, 0.1) is 11.3 Å². The highest BCUT2D eigenvalue weighted by atomic mass is 19.4. The molecule has 3 rings (SSSR count). The van der Waals surface area contributed by atoms with E-state index >= 15 is 0 Å². The summed E-state index contributed by atoms with van der Waals surface area (Å²) in [7, 11) is 0. The van der Waals surface area contributed by atoms with Crippen molar-refractivity contribution in [3.63, 3.8) is 0 Å². The topological polar surface area (TPSA) is 54.6 Å². The molecule has 23 heavy (non-hydrogen) atoms. The Kier molecular flexibility index (Phi) is 3.35. The first-order valence-electron chi connectivity index (χ1n) is 6.68. The molecular formula is C16H11F3N2O2. The van der Waals surface area contributed by atoms with Crippen LogP contribution in [0.3, 0.4) is 0 Å². The largest absolute Gasteiger partial charge is 0.476 e. The Morgan fingerprint density at radius 3 is 2.52 bits per heavy atom. The van der Waals surface area contributed by atoms with Crippen molar-refractivity contribution < 1.29 is 23.1 Å². The maximum atomic E-state index is 12.9. The van der Waals surface area contributed by atoms with Crippen LogP contribution in [0.5, 0.6) is 0 Å². The first-order chi connectivity index (χ1) is 10.8. The Balaban J connectivity index is 2.35. The molecule has 2 aromatic heterocycles. The number of carbonyl (C=O) groups is 1. The van der Waals surface area contributed by atoms with Crippen molar-refractivity contribution in [3.8, 4) is 11.3 Å². The predicted molar refractivity (Wildman–Crippen MR) is 77.3 cm³/mol. The molecule has 0 spiro atoms. The molecule has 0 atom stereocenters. The van der Waals surface area contributed by atoms with Crippen LogP contribution in [-0.2, 0) is 6.18 Å². The molecule has 0 fully saturated rings. The summed E-state index contributed by atoms with van der Waals surface area (Å²) in [5.41, 5.74) is 0.217. The minimum absolute atomic E-state index is 0.136. The van der Waals surface area contributed by atoms with Crippen LogP contribution in [0.25, 0.3) is 16.9 Å². The van der Waals surface area contributed by atoms with E-state index < -0.39 is 17.7 Å². The Morgan fingerprint density at radius 2 is 1.87 bits per heavy atom. The summed E-state index contributed by atoms with van der Waals surface area (Å²) in [6.07, 6.45) is -4.51. The van der Waals surface area contributed by atoms with Gasteiger partial charge in [0.15, 0.2) is 5.69 Å². The minimum Gasteiger partial charge on any atom is -0.476 e. The van der Waals surface area contributed by atoms with Crippen molar-refractivity contribution in [2.24, 2.45) is 0 Å². The van der Waals surface area contributed by atoms with Crippen LogP contribution < -0.4 is 0 Å². The maximum Gasteiger partial charge on any atom is 0.416 e. The molecule has 0 aliphatic carbocycles. The van der Waals surface area contributed by atoms with Gasteiger partial charge in [0.2, 0.25) is 0 Å². The number of halogens is 3. The number of hydrogen-bond donors (Lipinski definition) is 1. The number of carboxylic acid groups (broad SMARTS) is 1. The third kappa shape index (κ3) is 2.54. The zero-order valence-electron chi connectivity index (χ0n) is 11.9. The molecule has 0 radical (unpaired) electrons. The highest BCUT2D eigenvalue weighted by Gasteiger charge is 2.31. The number of aryl methyl sites for hydroxylation is 1. The number of aromatic carboxylic acids is 1. The number of fused-ring (bicyclic) bond motifs is 1. The number of benzene rings is 1. The molecule has 0 saturated carbocycles. The summed E-state index contributed by atoms with van der Waals surface area (Å²) in [6.45, 7) is 1.73. The van der Waals surface area contributed by atoms with E-state index in [9.17, 15) is 23.1 Å². The van der Waals surface area contributed by atoms with Gasteiger partial charge in [-0.15, -0.1) is 0 Å². The van der Waals surface area contributed by atoms with Crippen LogP contribution in [-0.4, -0.2) is 20.5 Å². The average molecular weight is 320 g/mol. The quantitative estimate of drug-likeness (QED) is 0.776. The Hall–Kier alpha value is -2.83. The number of alkyl halides is 3. The lowest BCUT2D eigenvalue weighted by Crippen LogP contribution is -2.06. The molecule has 7 heteroatoms. The fourth-order valence-electron chi connectivity index (χ4n) is 2.51. The SMILES string of the molecule is Cc1cccc2nc(C(=O)O)c(-c3cccc(C(F)(F)F)c3)n12. The van der Waals surface area contributed by atoms with E-state index in [-0.39, 0.29) is 17.0 Å². The zero-order chi connectivity index (χ0) is 16.8. The van der Waals surface area contributed by atoms with E-state index in [1.54, 1.807) is 29.5 Å². The van der Waals surface area contributed by atoms with Crippen LogP contribution >= 0.6 is 0 Å². The van der Waals surface area contributed by atoms with E-state index in [1.165, 1.54) is 12.1 Å². The number of carboxylic acids is 1. The van der Waals surface area contributed by atoms with Crippen molar-refractivity contribution >= 4 is 11.6 Å². The summed E-state index contributed by atoms with van der Waals surface area (Å²) >= 11 is 0. The number of rotatable bonds is 2. The Bertz CT molecular complexity index is 913. The van der Waals surface area contributed by atoms with Gasteiger partial charge in [0, 0.05) is 11.3 Å². The van der Waals surface area contributed by atoms with Gasteiger partial charge in [-0.3, -0.25) is 4.40 Å². The summed E-state index contributed by atoms with van der Waals surface area (Å²) < 4.78 is 40.3. The number of aromatic nitrogens is 2. The van der Waals surface area contributed by atoms with Crippen LogP contribution in [0.2, 0.25) is 0 Å². The molecule has 0 saturated heterocycles. The van der Waals surface area contributed by atoms with Gasteiger partial charge < -0.3 is 5.11 Å². The van der Waals surface area contributed by atoms with Gasteiger partial charge >= 0.3 is 12.1 Å². The second-order valence-electron chi connectivity index (χ2n) is 5.05. The molecule has 4 nitrogen and oxygen atoms in total. The summed E-state index contributed by atoms with van der Waals surface area (Å²) in [4.78, 5) is 15.5. The van der Waals surface area contributed by atoms with Crippen LogP contribution in [0.15, 0.2) is 42.5 Å². The van der Waals surface area contributed by atoms with E-state index in [1.807, 2.05) is 0 Å². The minimum atomic E-state index is -4.51. The first kappa shape index (κ1) is 15.1. The van der Waals surface area contributed by atoms with Crippen molar-refractivity contribution in [3.05, 3.63) is 59.4 Å². The van der Waals surface area contributed by atoms with Gasteiger partial charge in [0.1, 0.15) is 5.65 Å². The second-order valence-corrected chi connectivity index (χ2v) is 5.05. The lowest BCUT2D eigenvalue weighted by Gasteiger charge is -2.10. The number of imidazole rings is 1. The highest BCUT2D eigenvalue weighted by molar-refractivity contribution is 5.94. The molecule has 0 aliphatic rings. The smallest absolute Gasteiger partial charge is 0.416 e. The van der Waals surface area contributed by atoms with E-state index in [2.05, 4.69) is 4.98 Å². The Labute approximate surface area is 128 Å². The zero-order valence-corrected chi connectivity index (χ0v) is 11.9. The van der Waals surface area contributed by atoms with Crippen LogP contribution in [0.1, 0.15) is 21.7 Å². The number of pyridine rings is 1. The third-order valence-electron chi connectivity index (χ3n) is 3.50. The highest BCUT2D eigenvalue weighted by Crippen LogP contribution is 2.33. The van der Waals surface area contributed by atoms with Crippen LogP contribution in [0, 0.1) is 6.92 Å². The van der Waals surface area contributed by atoms with E-state index in [0.29, 0.717) is 11.3 Å². The fourth-order valence-corrected chi connectivity index (χ4v) is 2.51. The van der Waals surface area contributed by atoms with E-state index in [4.69, 9.17) is 0 Å². The van der Waals surface area contributed by atoms with Crippen molar-refractivity contribution in [1.29, 1.82) is 0 Å². The summed E-state index contributed by atoms with van der Waals surface area (Å²) in [5, 5.41) is 9.35. The molecular weight excluding hydrogens is 309 g/mol. The van der Waals surface area contributed by atoms with Gasteiger partial charge in [-0.2, -0.15) is 13.2 Å². The van der Waals surface area contributed by atoms with Gasteiger partial charge in [-0.05, 0) is 31.2 Å². The standard InChI is InChI=1S/C16H11F3N2O2/c1-9-4-2-7-12-20-13(15(22)23)14(21(9)12)10-5-3-6-11(8-10)16(17,18)19/h2-8H,1H3,(H,22,23). The van der Waals surface area contributed by atoms with Crippen molar-refractivity contribution in [1.82, 2.24) is 9.38 Å². The monoisotopic (exact) mass is 320 g/mol. The second kappa shape index (κ2) is 5.12. The average Bonchev–Trinajstić information content (AvgIpc) is 2.87. The molecule has 0 bridgehead atoms. The fraction of sp³-hybridized carbons (Fsp3) is 0.125. The van der Waals surface area contributed by atoms with Gasteiger partial charge in [-0.25, -0.2) is 9.78 Å². The summed E-state index contributed by atoms with van der Waals surface area (Å²) in [5.74, 6) is -1.29. The molecule has 3 aromatic rings. The molecule has 1 N–H and O–H groups in total. The lowest BCUT2D eigenvalue weighted by atomic mass is 10.1. The van der Waals surface area contributed by atoms with Crippen molar-refractivity contribution in [2.45, 2.75) is 13.1 Å². The van der Waals surface area contributed by atoms with Crippen LogP contribution in [0.4, 0.5) is 13.2 Å².